The van der Waals surface area contributed by atoms with Crippen LogP contribution in [0.15, 0.2) is 63.7 Å². The van der Waals surface area contributed by atoms with Gasteiger partial charge in [-0.2, -0.15) is 5.26 Å². The molecule has 1 unspecified atom stereocenters. The molecule has 6 nitrogen and oxygen atoms in total. The third-order valence-electron chi connectivity index (χ3n) is 5.41. The van der Waals surface area contributed by atoms with Crippen LogP contribution < -0.4 is 10.6 Å². The minimum atomic E-state index is -0.381. The quantitative estimate of drug-likeness (QED) is 0.600. The van der Waals surface area contributed by atoms with Crippen molar-refractivity contribution in [3.8, 4) is 6.07 Å². The van der Waals surface area contributed by atoms with Gasteiger partial charge in [-0.05, 0) is 55.5 Å². The number of nitrogens with zero attached hydrogens (tertiary/aromatic N) is 1. The Morgan fingerprint density at radius 2 is 2.03 bits per heavy atom. The van der Waals surface area contributed by atoms with Crippen LogP contribution in [0.5, 0.6) is 0 Å². The van der Waals surface area contributed by atoms with E-state index in [9.17, 15) is 19.6 Å². The van der Waals surface area contributed by atoms with Crippen LogP contribution in [0.25, 0.3) is 0 Å². The van der Waals surface area contributed by atoms with E-state index in [2.05, 4.69) is 16.7 Å². The Labute approximate surface area is 194 Å². The minimum absolute atomic E-state index is 0.0343. The number of rotatable bonds is 6. The van der Waals surface area contributed by atoms with Crippen molar-refractivity contribution in [2.24, 2.45) is 0 Å². The predicted octanol–water partition coefficient (Wildman–Crippen LogP) is 4.75. The molecule has 162 valence electrons. The summed E-state index contributed by atoms with van der Waals surface area (Å²) in [6, 6.07) is 12.9. The first-order chi connectivity index (χ1) is 15.5. The van der Waals surface area contributed by atoms with Crippen molar-refractivity contribution in [2.45, 2.75) is 32.1 Å². The zero-order chi connectivity index (χ0) is 22.7. The van der Waals surface area contributed by atoms with Gasteiger partial charge >= 0.3 is 0 Å². The Kier molecular flexibility index (Phi) is 6.58. The summed E-state index contributed by atoms with van der Waals surface area (Å²) < 4.78 is 0. The zero-order valence-electron chi connectivity index (χ0n) is 17.4. The highest BCUT2D eigenvalue weighted by molar-refractivity contribution is 8.03. The molecular weight excluding hydrogens is 442 g/mol. The van der Waals surface area contributed by atoms with Crippen LogP contribution in [0.4, 0.5) is 5.69 Å². The van der Waals surface area contributed by atoms with E-state index in [1.807, 2.05) is 17.5 Å². The highest BCUT2D eigenvalue weighted by atomic mass is 32.2. The number of benzene rings is 1. The molecule has 0 saturated heterocycles. The van der Waals surface area contributed by atoms with Gasteiger partial charge in [-0.15, -0.1) is 11.3 Å². The van der Waals surface area contributed by atoms with Gasteiger partial charge < -0.3 is 10.6 Å². The third kappa shape index (κ3) is 4.54. The third-order valence-corrected chi connectivity index (χ3v) is 7.37. The number of carbonyl (C=O) groups excluding carboxylic acids is 3. The van der Waals surface area contributed by atoms with Crippen LogP contribution in [0.1, 0.15) is 47.3 Å². The van der Waals surface area contributed by atoms with Crippen molar-refractivity contribution >= 4 is 46.3 Å². The number of hydrogen-bond acceptors (Lipinski definition) is 7. The number of carbonyl (C=O) groups is 3. The van der Waals surface area contributed by atoms with E-state index in [-0.39, 0.29) is 29.1 Å². The van der Waals surface area contributed by atoms with Gasteiger partial charge in [0.1, 0.15) is 0 Å². The van der Waals surface area contributed by atoms with Gasteiger partial charge in [-0.25, -0.2) is 0 Å². The second kappa shape index (κ2) is 9.55. The van der Waals surface area contributed by atoms with E-state index in [0.29, 0.717) is 33.8 Å². The first-order valence-electron chi connectivity index (χ1n) is 10.2. The van der Waals surface area contributed by atoms with E-state index >= 15 is 0 Å². The van der Waals surface area contributed by atoms with Gasteiger partial charge in [-0.1, -0.05) is 17.8 Å². The molecule has 1 aliphatic carbocycles. The van der Waals surface area contributed by atoms with Crippen molar-refractivity contribution < 1.29 is 14.4 Å². The number of nitriles is 1. The normalized spacial score (nSPS) is 18.0. The number of anilines is 1. The molecule has 1 aromatic heterocycles. The van der Waals surface area contributed by atoms with E-state index in [1.165, 1.54) is 30.0 Å². The Morgan fingerprint density at radius 1 is 1.25 bits per heavy atom. The molecule has 2 heterocycles. The number of dihydropyridines is 1. The Bertz CT molecular complexity index is 1170. The topological polar surface area (TPSA) is 99.1 Å². The first-order valence-corrected chi connectivity index (χ1v) is 12.1. The largest absolute Gasteiger partial charge is 0.352 e. The van der Waals surface area contributed by atoms with Gasteiger partial charge in [0.15, 0.2) is 11.6 Å². The molecule has 2 aromatic rings. The number of ketones is 2. The smallest absolute Gasteiger partial charge is 0.234 e. The predicted molar refractivity (Wildman–Crippen MR) is 126 cm³/mol. The standard InChI is InChI=1S/C24H21N3O3S2/c1-14(28)15-7-9-16(10-8-15)26-21(30)13-32-24-17(12-25)22(20-6-3-11-31-20)23-18(27-24)4-2-5-19(23)29/h3,6-11,22,27H,2,4-5,13H2,1H3,(H,26,30). The molecule has 0 saturated carbocycles. The summed E-state index contributed by atoms with van der Waals surface area (Å²) in [7, 11) is 0. The van der Waals surface area contributed by atoms with Crippen LogP contribution in [0, 0.1) is 11.3 Å². The molecule has 2 N–H and O–H groups in total. The van der Waals surface area contributed by atoms with Crippen molar-refractivity contribution in [2.75, 3.05) is 11.1 Å². The lowest BCUT2D eigenvalue weighted by Crippen LogP contribution is -2.31. The number of nitrogens with one attached hydrogen (secondary N) is 2. The first kappa shape index (κ1) is 22.1. The second-order valence-electron chi connectivity index (χ2n) is 7.57. The average Bonchev–Trinajstić information content (AvgIpc) is 3.32. The SMILES string of the molecule is CC(=O)c1ccc(NC(=O)CSC2=C(C#N)C(c3cccs3)C3=C(CCCC3=O)N2)cc1. The monoisotopic (exact) mass is 463 g/mol. The summed E-state index contributed by atoms with van der Waals surface area (Å²) in [6.45, 7) is 1.49. The summed E-state index contributed by atoms with van der Waals surface area (Å²) in [5, 5.41) is 18.6. The fourth-order valence-electron chi connectivity index (χ4n) is 3.90. The minimum Gasteiger partial charge on any atom is -0.352 e. The van der Waals surface area contributed by atoms with E-state index < -0.39 is 0 Å². The Balaban J connectivity index is 1.52. The number of amides is 1. The molecule has 1 amide bonds. The summed E-state index contributed by atoms with van der Waals surface area (Å²) in [5.74, 6) is -0.443. The highest BCUT2D eigenvalue weighted by Gasteiger charge is 2.37. The maximum Gasteiger partial charge on any atom is 0.234 e. The van der Waals surface area contributed by atoms with Crippen molar-refractivity contribution in [3.05, 3.63) is 74.1 Å². The number of allylic oxidation sites excluding steroid dienone is 3. The Hall–Kier alpha value is -3.15. The fraction of sp³-hybridized carbons (Fsp3) is 0.250. The van der Waals surface area contributed by atoms with E-state index in [0.717, 1.165) is 23.4 Å². The molecule has 0 spiro atoms. The summed E-state index contributed by atoms with van der Waals surface area (Å²) >= 11 is 2.79. The summed E-state index contributed by atoms with van der Waals surface area (Å²) in [5.41, 5.74) is 3.21. The van der Waals surface area contributed by atoms with Crippen LogP contribution in [0.2, 0.25) is 0 Å². The van der Waals surface area contributed by atoms with Crippen molar-refractivity contribution in [3.63, 3.8) is 0 Å². The van der Waals surface area contributed by atoms with Crippen LogP contribution in [-0.2, 0) is 9.59 Å². The van der Waals surface area contributed by atoms with Gasteiger partial charge in [0, 0.05) is 33.8 Å². The second-order valence-corrected chi connectivity index (χ2v) is 9.53. The molecule has 1 aliphatic heterocycles. The van der Waals surface area contributed by atoms with E-state index in [4.69, 9.17) is 0 Å². The maximum absolute atomic E-state index is 12.7. The zero-order valence-corrected chi connectivity index (χ0v) is 19.1. The van der Waals surface area contributed by atoms with Gasteiger partial charge in [0.2, 0.25) is 5.91 Å². The van der Waals surface area contributed by atoms with Gasteiger partial charge in [-0.3, -0.25) is 14.4 Å². The lowest BCUT2D eigenvalue weighted by Gasteiger charge is -2.32. The lowest BCUT2D eigenvalue weighted by molar-refractivity contribution is -0.116. The number of hydrogen-bond donors (Lipinski definition) is 2. The van der Waals surface area contributed by atoms with Gasteiger partial charge in [0.05, 0.1) is 28.3 Å². The average molecular weight is 464 g/mol. The Morgan fingerprint density at radius 3 is 2.69 bits per heavy atom. The highest BCUT2D eigenvalue weighted by Crippen LogP contribution is 2.45. The molecular formula is C24H21N3O3S2. The number of thioether (sulfide) groups is 1. The summed E-state index contributed by atoms with van der Waals surface area (Å²) in [4.78, 5) is 37.6. The summed E-state index contributed by atoms with van der Waals surface area (Å²) in [6.07, 6.45) is 2.02. The van der Waals surface area contributed by atoms with Crippen LogP contribution in [0.3, 0.4) is 0 Å². The lowest BCUT2D eigenvalue weighted by atomic mass is 9.79. The van der Waals surface area contributed by atoms with Crippen molar-refractivity contribution in [1.82, 2.24) is 5.32 Å². The number of Topliss-reactive ketones (excluding diaryl/α,β-unsaturated/α-hetero) is 2. The molecule has 0 radical (unpaired) electrons. The molecule has 8 heteroatoms. The molecule has 1 atom stereocenters. The molecule has 4 rings (SSSR count). The van der Waals surface area contributed by atoms with Crippen LogP contribution >= 0.6 is 23.1 Å². The molecule has 2 aliphatic rings. The van der Waals surface area contributed by atoms with Crippen molar-refractivity contribution in [1.29, 1.82) is 5.26 Å². The molecule has 0 bridgehead atoms. The van der Waals surface area contributed by atoms with Crippen LogP contribution in [-0.4, -0.2) is 23.2 Å². The molecule has 32 heavy (non-hydrogen) atoms. The maximum atomic E-state index is 12.7. The number of thiophene rings is 1. The molecule has 1 aromatic carbocycles. The molecule has 0 fully saturated rings. The van der Waals surface area contributed by atoms with E-state index in [1.54, 1.807) is 24.3 Å². The van der Waals surface area contributed by atoms with Gasteiger partial charge in [0.25, 0.3) is 0 Å². The fourth-order valence-corrected chi connectivity index (χ4v) is 5.61.